The molecule has 2 aromatic carbocycles. The van der Waals surface area contributed by atoms with Crippen LogP contribution in [0.2, 0.25) is 5.02 Å². The number of nitrogens with zero attached hydrogens (tertiary/aromatic N) is 3. The van der Waals surface area contributed by atoms with Crippen LogP contribution in [0, 0.1) is 0 Å². The van der Waals surface area contributed by atoms with Crippen LogP contribution in [-0.4, -0.2) is 40.3 Å². The van der Waals surface area contributed by atoms with E-state index in [0.29, 0.717) is 10.6 Å². The fourth-order valence-electron chi connectivity index (χ4n) is 2.03. The van der Waals surface area contributed by atoms with Gasteiger partial charge in [-0.1, -0.05) is 11.6 Å². The number of anilines is 2. The van der Waals surface area contributed by atoms with Crippen molar-refractivity contribution in [1.82, 2.24) is 5.43 Å². The lowest BCUT2D eigenvalue weighted by Crippen LogP contribution is -2.18. The van der Waals surface area contributed by atoms with E-state index in [1.807, 2.05) is 68.3 Å². The lowest BCUT2D eigenvalue weighted by Gasteiger charge is -2.13. The number of amides is 1. The largest absolute Gasteiger partial charge is 0.378 e. The van der Waals surface area contributed by atoms with Gasteiger partial charge in [-0.3, -0.25) is 4.79 Å². The Hall–Kier alpha value is -2.53. The zero-order chi connectivity index (χ0) is 17.7. The van der Waals surface area contributed by atoms with Crippen LogP contribution in [0.15, 0.2) is 47.6 Å². The molecule has 6 heteroatoms. The first-order valence-electron chi connectivity index (χ1n) is 7.46. The molecule has 126 valence electrons. The number of halogens is 1. The standard InChI is InChI=1S/C18H21ClN4O/c1-22(2)15-8-5-13(6-9-15)18(24)21-20-12-14-7-10-16(23(3)4)11-17(14)19/h5-12H,1-4H3,(H,21,24)/b20-12+. The fraction of sp³-hybridized carbons (Fsp3) is 0.222. The van der Waals surface area contributed by atoms with E-state index in [4.69, 9.17) is 11.6 Å². The molecule has 2 aromatic rings. The van der Waals surface area contributed by atoms with Crippen LogP contribution in [0.25, 0.3) is 0 Å². The molecule has 2 rings (SSSR count). The number of benzene rings is 2. The topological polar surface area (TPSA) is 47.9 Å². The normalized spacial score (nSPS) is 10.7. The maximum atomic E-state index is 12.1. The van der Waals surface area contributed by atoms with E-state index in [0.717, 1.165) is 16.9 Å². The van der Waals surface area contributed by atoms with Crippen molar-refractivity contribution in [2.45, 2.75) is 0 Å². The van der Waals surface area contributed by atoms with Crippen LogP contribution < -0.4 is 15.2 Å². The molecule has 0 aliphatic rings. The van der Waals surface area contributed by atoms with Gasteiger partial charge in [-0.25, -0.2) is 5.43 Å². The van der Waals surface area contributed by atoms with Crippen LogP contribution in [0.5, 0.6) is 0 Å². The molecule has 0 aliphatic heterocycles. The molecular weight excluding hydrogens is 324 g/mol. The summed E-state index contributed by atoms with van der Waals surface area (Å²) in [6.45, 7) is 0. The number of nitrogens with one attached hydrogen (secondary N) is 1. The lowest BCUT2D eigenvalue weighted by molar-refractivity contribution is 0.0955. The molecule has 5 nitrogen and oxygen atoms in total. The highest BCUT2D eigenvalue weighted by Gasteiger charge is 2.05. The van der Waals surface area contributed by atoms with Gasteiger partial charge in [0.05, 0.1) is 11.2 Å². The molecule has 0 saturated heterocycles. The summed E-state index contributed by atoms with van der Waals surface area (Å²) in [5, 5.41) is 4.56. The number of hydrogen-bond acceptors (Lipinski definition) is 4. The van der Waals surface area contributed by atoms with Crippen LogP contribution in [0.1, 0.15) is 15.9 Å². The van der Waals surface area contributed by atoms with E-state index in [9.17, 15) is 4.79 Å². The Kier molecular flexibility index (Phi) is 5.82. The Labute approximate surface area is 147 Å². The highest BCUT2D eigenvalue weighted by Crippen LogP contribution is 2.21. The lowest BCUT2D eigenvalue weighted by atomic mass is 10.2. The molecule has 1 N–H and O–H groups in total. The third-order valence-corrected chi connectivity index (χ3v) is 3.84. The first-order valence-corrected chi connectivity index (χ1v) is 7.84. The molecule has 1 amide bonds. The highest BCUT2D eigenvalue weighted by molar-refractivity contribution is 6.33. The van der Waals surface area contributed by atoms with E-state index < -0.39 is 0 Å². The van der Waals surface area contributed by atoms with Gasteiger partial charge in [-0.2, -0.15) is 5.10 Å². The molecule has 0 radical (unpaired) electrons. The van der Waals surface area contributed by atoms with Crippen molar-refractivity contribution < 1.29 is 4.79 Å². The number of carbonyl (C=O) groups is 1. The van der Waals surface area contributed by atoms with Crippen LogP contribution in [0.3, 0.4) is 0 Å². The van der Waals surface area contributed by atoms with Crippen LogP contribution in [-0.2, 0) is 0 Å². The predicted octanol–water partition coefficient (Wildman–Crippen LogP) is 3.24. The monoisotopic (exact) mass is 344 g/mol. The average Bonchev–Trinajstić information content (AvgIpc) is 2.56. The van der Waals surface area contributed by atoms with E-state index >= 15 is 0 Å². The van der Waals surface area contributed by atoms with Crippen molar-refractivity contribution in [1.29, 1.82) is 0 Å². The molecular formula is C18H21ClN4O. The second-order valence-electron chi connectivity index (χ2n) is 5.74. The maximum Gasteiger partial charge on any atom is 0.271 e. The fourth-order valence-corrected chi connectivity index (χ4v) is 2.26. The third kappa shape index (κ3) is 4.49. The zero-order valence-corrected chi connectivity index (χ0v) is 15.0. The Morgan fingerprint density at radius 2 is 1.58 bits per heavy atom. The van der Waals surface area contributed by atoms with Gasteiger partial charge in [0.2, 0.25) is 0 Å². The first-order chi connectivity index (χ1) is 11.4. The Morgan fingerprint density at radius 1 is 1.00 bits per heavy atom. The van der Waals surface area contributed by atoms with E-state index in [-0.39, 0.29) is 5.91 Å². The Balaban J connectivity index is 2.02. The molecule has 0 atom stereocenters. The second-order valence-corrected chi connectivity index (χ2v) is 6.15. The summed E-state index contributed by atoms with van der Waals surface area (Å²) in [7, 11) is 7.79. The minimum absolute atomic E-state index is 0.266. The minimum Gasteiger partial charge on any atom is -0.378 e. The van der Waals surface area contributed by atoms with Crippen molar-refractivity contribution in [2.75, 3.05) is 38.0 Å². The van der Waals surface area contributed by atoms with E-state index in [2.05, 4.69) is 10.5 Å². The number of carbonyl (C=O) groups excluding carboxylic acids is 1. The van der Waals surface area contributed by atoms with E-state index in [1.165, 1.54) is 6.21 Å². The summed E-state index contributed by atoms with van der Waals surface area (Å²) < 4.78 is 0. The SMILES string of the molecule is CN(C)c1ccc(C(=O)N/N=C/c2ccc(N(C)C)cc2Cl)cc1. The van der Waals surface area contributed by atoms with Crippen LogP contribution in [0.4, 0.5) is 11.4 Å². The minimum atomic E-state index is -0.266. The summed E-state index contributed by atoms with van der Waals surface area (Å²) in [4.78, 5) is 16.0. The van der Waals surface area contributed by atoms with Crippen molar-refractivity contribution in [2.24, 2.45) is 5.10 Å². The Bertz CT molecular complexity index is 739. The van der Waals surface area contributed by atoms with Crippen LogP contribution >= 0.6 is 11.6 Å². The van der Waals surface area contributed by atoms with Gasteiger partial charge in [-0.15, -0.1) is 0 Å². The zero-order valence-electron chi connectivity index (χ0n) is 14.2. The molecule has 0 spiro atoms. The van der Waals surface area contributed by atoms with Gasteiger partial charge in [0.25, 0.3) is 5.91 Å². The molecule has 0 aromatic heterocycles. The van der Waals surface area contributed by atoms with Gasteiger partial charge in [-0.05, 0) is 42.5 Å². The van der Waals surface area contributed by atoms with Crippen molar-refractivity contribution in [3.05, 3.63) is 58.6 Å². The smallest absolute Gasteiger partial charge is 0.271 e. The summed E-state index contributed by atoms with van der Waals surface area (Å²) in [6, 6.07) is 12.9. The summed E-state index contributed by atoms with van der Waals surface area (Å²) in [6.07, 6.45) is 1.54. The summed E-state index contributed by atoms with van der Waals surface area (Å²) in [5.74, 6) is -0.266. The van der Waals surface area contributed by atoms with Crippen molar-refractivity contribution >= 4 is 35.1 Å². The second kappa shape index (κ2) is 7.84. The van der Waals surface area contributed by atoms with Crippen molar-refractivity contribution in [3.8, 4) is 0 Å². The molecule has 0 saturated carbocycles. The molecule has 24 heavy (non-hydrogen) atoms. The molecule has 0 aliphatic carbocycles. The van der Waals surface area contributed by atoms with Gasteiger partial charge in [0.15, 0.2) is 0 Å². The highest BCUT2D eigenvalue weighted by atomic mass is 35.5. The number of rotatable bonds is 5. The van der Waals surface area contributed by atoms with Gasteiger partial charge in [0.1, 0.15) is 0 Å². The molecule has 0 bridgehead atoms. The summed E-state index contributed by atoms with van der Waals surface area (Å²) in [5.41, 5.74) is 5.83. The third-order valence-electron chi connectivity index (χ3n) is 3.52. The van der Waals surface area contributed by atoms with Gasteiger partial charge >= 0.3 is 0 Å². The molecule has 0 heterocycles. The summed E-state index contributed by atoms with van der Waals surface area (Å²) >= 11 is 6.22. The van der Waals surface area contributed by atoms with E-state index in [1.54, 1.807) is 12.1 Å². The molecule has 0 fully saturated rings. The quantitative estimate of drug-likeness (QED) is 0.669. The predicted molar refractivity (Wildman–Crippen MR) is 102 cm³/mol. The van der Waals surface area contributed by atoms with Gasteiger partial charge < -0.3 is 9.80 Å². The maximum absolute atomic E-state index is 12.1. The number of hydrazone groups is 1. The molecule has 0 unspecified atom stereocenters. The average molecular weight is 345 g/mol. The van der Waals surface area contributed by atoms with Gasteiger partial charge in [0, 0.05) is 50.7 Å². The first kappa shape index (κ1) is 17.8. The number of hydrogen-bond donors (Lipinski definition) is 1. The Morgan fingerprint density at radius 3 is 2.12 bits per heavy atom. The van der Waals surface area contributed by atoms with Crippen molar-refractivity contribution in [3.63, 3.8) is 0 Å².